The maximum absolute atomic E-state index is 13.4. The first-order valence-corrected chi connectivity index (χ1v) is 9.38. The van der Waals surface area contributed by atoms with E-state index in [2.05, 4.69) is 0 Å². The standard InChI is InChI=1S/C18H19N2O3P/c1-3-22-24(21,23-4-2)18(15(12-19)13-20)17-11-7-9-14-8-5-6-10-16(14)17/h5-11,15,18H,3-4H2,1-2H3. The zero-order valence-electron chi connectivity index (χ0n) is 13.7. The van der Waals surface area contributed by atoms with Gasteiger partial charge in [0.2, 0.25) is 0 Å². The number of rotatable bonds is 7. The Kier molecular flexibility index (Phi) is 6.12. The van der Waals surface area contributed by atoms with Gasteiger partial charge in [-0.25, -0.2) is 0 Å². The smallest absolute Gasteiger partial charge is 0.308 e. The average molecular weight is 342 g/mol. The Morgan fingerprint density at radius 3 is 2.17 bits per heavy atom. The van der Waals surface area contributed by atoms with Crippen LogP contribution in [-0.4, -0.2) is 13.2 Å². The molecule has 2 aromatic carbocycles. The molecule has 2 aromatic rings. The molecule has 24 heavy (non-hydrogen) atoms. The summed E-state index contributed by atoms with van der Waals surface area (Å²) in [5.41, 5.74) is -0.329. The molecular weight excluding hydrogens is 323 g/mol. The van der Waals surface area contributed by atoms with Gasteiger partial charge in [0.15, 0.2) is 5.92 Å². The van der Waals surface area contributed by atoms with Crippen LogP contribution in [0.4, 0.5) is 0 Å². The Balaban J connectivity index is 2.73. The first-order valence-electron chi connectivity index (χ1n) is 7.77. The van der Waals surface area contributed by atoms with E-state index in [0.29, 0.717) is 5.56 Å². The molecule has 0 fully saturated rings. The molecule has 0 N–H and O–H groups in total. The van der Waals surface area contributed by atoms with E-state index in [1.165, 1.54) is 0 Å². The molecule has 0 radical (unpaired) electrons. The molecule has 0 amide bonds. The molecule has 5 nitrogen and oxygen atoms in total. The van der Waals surface area contributed by atoms with Crippen LogP contribution in [0.25, 0.3) is 10.8 Å². The maximum atomic E-state index is 13.4. The summed E-state index contributed by atoms with van der Waals surface area (Å²) in [7, 11) is -3.69. The van der Waals surface area contributed by atoms with Crippen LogP contribution >= 0.6 is 7.60 Å². The quantitative estimate of drug-likeness (QED) is 0.674. The summed E-state index contributed by atoms with van der Waals surface area (Å²) in [6, 6.07) is 17.0. The number of nitrogens with zero attached hydrogens (tertiary/aromatic N) is 2. The molecule has 0 spiro atoms. The van der Waals surface area contributed by atoms with Crippen LogP contribution in [0.5, 0.6) is 0 Å². The van der Waals surface area contributed by atoms with E-state index in [1.54, 1.807) is 19.9 Å². The Bertz CT molecular complexity index is 809. The largest absolute Gasteiger partial charge is 0.340 e. The molecule has 6 heteroatoms. The van der Waals surface area contributed by atoms with Crippen LogP contribution in [0.1, 0.15) is 25.1 Å². The summed E-state index contributed by atoms with van der Waals surface area (Å²) in [5, 5.41) is 20.6. The lowest BCUT2D eigenvalue weighted by atomic mass is 9.96. The van der Waals surface area contributed by atoms with E-state index in [1.807, 2.05) is 48.5 Å². The van der Waals surface area contributed by atoms with Crippen molar-refractivity contribution in [1.29, 1.82) is 10.5 Å². The van der Waals surface area contributed by atoms with Gasteiger partial charge in [-0.2, -0.15) is 10.5 Å². The van der Waals surface area contributed by atoms with Gasteiger partial charge in [-0.15, -0.1) is 0 Å². The summed E-state index contributed by atoms with van der Waals surface area (Å²) in [4.78, 5) is 0. The Labute approximate surface area is 142 Å². The molecule has 1 atom stereocenters. The summed E-state index contributed by atoms with van der Waals surface area (Å²) in [5.74, 6) is -1.14. The van der Waals surface area contributed by atoms with E-state index in [4.69, 9.17) is 9.05 Å². The predicted octanol–water partition coefficient (Wildman–Crippen LogP) is 4.81. The lowest BCUT2D eigenvalue weighted by Gasteiger charge is -2.28. The number of nitriles is 2. The maximum Gasteiger partial charge on any atom is 0.340 e. The molecule has 124 valence electrons. The average Bonchev–Trinajstić information content (AvgIpc) is 2.59. The zero-order valence-corrected chi connectivity index (χ0v) is 14.6. The number of hydrogen-bond acceptors (Lipinski definition) is 5. The van der Waals surface area contributed by atoms with Gasteiger partial charge in [0.1, 0.15) is 5.66 Å². The number of hydrogen-bond donors (Lipinski definition) is 0. The van der Waals surface area contributed by atoms with Crippen molar-refractivity contribution in [2.45, 2.75) is 19.5 Å². The lowest BCUT2D eigenvalue weighted by molar-refractivity contribution is 0.209. The molecule has 0 saturated carbocycles. The highest BCUT2D eigenvalue weighted by atomic mass is 31.2. The van der Waals surface area contributed by atoms with Crippen molar-refractivity contribution < 1.29 is 13.6 Å². The molecule has 0 aromatic heterocycles. The topological polar surface area (TPSA) is 83.1 Å². The van der Waals surface area contributed by atoms with Crippen LogP contribution in [0.15, 0.2) is 42.5 Å². The molecule has 0 aliphatic rings. The second-order valence-electron chi connectivity index (χ2n) is 5.12. The minimum Gasteiger partial charge on any atom is -0.308 e. The van der Waals surface area contributed by atoms with Gasteiger partial charge in [-0.1, -0.05) is 42.5 Å². The second-order valence-corrected chi connectivity index (χ2v) is 7.28. The van der Waals surface area contributed by atoms with Crippen LogP contribution < -0.4 is 0 Å². The molecule has 2 rings (SSSR count). The molecule has 0 aliphatic heterocycles. The fourth-order valence-electron chi connectivity index (χ4n) is 2.77. The van der Waals surface area contributed by atoms with E-state index in [9.17, 15) is 15.1 Å². The van der Waals surface area contributed by atoms with Gasteiger partial charge in [0, 0.05) is 0 Å². The minimum atomic E-state index is -3.69. The summed E-state index contributed by atoms with van der Waals surface area (Å²) < 4.78 is 24.3. The zero-order chi connectivity index (χ0) is 17.6. The van der Waals surface area contributed by atoms with Crippen LogP contribution in [0, 0.1) is 28.6 Å². The van der Waals surface area contributed by atoms with Gasteiger partial charge >= 0.3 is 7.60 Å². The highest BCUT2D eigenvalue weighted by Crippen LogP contribution is 2.64. The van der Waals surface area contributed by atoms with Crippen molar-refractivity contribution in [2.75, 3.05) is 13.2 Å². The van der Waals surface area contributed by atoms with Gasteiger partial charge in [0.05, 0.1) is 25.4 Å². The molecular formula is C18H19N2O3P. The monoisotopic (exact) mass is 342 g/mol. The molecule has 0 heterocycles. The van der Waals surface area contributed by atoms with Gasteiger partial charge in [-0.3, -0.25) is 4.57 Å². The number of benzene rings is 2. The van der Waals surface area contributed by atoms with Gasteiger partial charge in [0.25, 0.3) is 0 Å². The Hall–Kier alpha value is -2.17. The molecule has 1 unspecified atom stereocenters. The van der Waals surface area contributed by atoms with E-state index in [-0.39, 0.29) is 13.2 Å². The van der Waals surface area contributed by atoms with Gasteiger partial charge < -0.3 is 9.05 Å². The fourth-order valence-corrected chi connectivity index (χ4v) is 4.95. The normalized spacial score (nSPS) is 12.7. The van der Waals surface area contributed by atoms with Crippen molar-refractivity contribution in [3.63, 3.8) is 0 Å². The Morgan fingerprint density at radius 2 is 1.58 bits per heavy atom. The fraction of sp³-hybridized carbons (Fsp3) is 0.333. The highest BCUT2D eigenvalue weighted by molar-refractivity contribution is 7.54. The SMILES string of the molecule is CCOP(=O)(OCC)C(c1cccc2ccccc12)C(C#N)C#N. The second kappa shape index (κ2) is 8.08. The molecule has 0 bridgehead atoms. The summed E-state index contributed by atoms with van der Waals surface area (Å²) >= 11 is 0. The van der Waals surface area contributed by atoms with Gasteiger partial charge in [-0.05, 0) is 30.2 Å². The Morgan fingerprint density at radius 1 is 1.00 bits per heavy atom. The van der Waals surface area contributed by atoms with E-state index >= 15 is 0 Å². The van der Waals surface area contributed by atoms with Crippen LogP contribution in [0.3, 0.4) is 0 Å². The number of fused-ring (bicyclic) bond motifs is 1. The first kappa shape index (κ1) is 18.2. The van der Waals surface area contributed by atoms with Crippen molar-refractivity contribution in [2.24, 2.45) is 5.92 Å². The third kappa shape index (κ3) is 3.50. The molecule has 0 aliphatic carbocycles. The lowest BCUT2D eigenvalue weighted by Crippen LogP contribution is -2.15. The summed E-state index contributed by atoms with van der Waals surface area (Å²) in [6.07, 6.45) is 0. The van der Waals surface area contributed by atoms with E-state index < -0.39 is 19.2 Å². The van der Waals surface area contributed by atoms with Crippen molar-refractivity contribution in [3.8, 4) is 12.1 Å². The van der Waals surface area contributed by atoms with E-state index in [0.717, 1.165) is 10.8 Å². The third-order valence-corrected chi connectivity index (χ3v) is 6.19. The van der Waals surface area contributed by atoms with Crippen LogP contribution in [-0.2, 0) is 13.6 Å². The first-order chi connectivity index (χ1) is 11.6. The molecule has 0 saturated heterocycles. The minimum absolute atomic E-state index is 0.169. The third-order valence-electron chi connectivity index (χ3n) is 3.69. The predicted molar refractivity (Wildman–Crippen MR) is 92.3 cm³/mol. The van der Waals surface area contributed by atoms with Crippen molar-refractivity contribution in [3.05, 3.63) is 48.0 Å². The van der Waals surface area contributed by atoms with Crippen LogP contribution in [0.2, 0.25) is 0 Å². The van der Waals surface area contributed by atoms with Crippen molar-refractivity contribution in [1.82, 2.24) is 0 Å². The highest BCUT2D eigenvalue weighted by Gasteiger charge is 2.43. The van der Waals surface area contributed by atoms with Crippen molar-refractivity contribution >= 4 is 18.4 Å². The summed E-state index contributed by atoms with van der Waals surface area (Å²) in [6.45, 7) is 3.75.